The van der Waals surface area contributed by atoms with Crippen molar-refractivity contribution in [3.05, 3.63) is 120 Å². The van der Waals surface area contributed by atoms with Crippen LogP contribution in [-0.4, -0.2) is 0 Å². The summed E-state index contributed by atoms with van der Waals surface area (Å²) in [6.07, 6.45) is 29.1. The van der Waals surface area contributed by atoms with Gasteiger partial charge in [0, 0.05) is 0 Å². The molecule has 0 aromatic heterocycles. The highest BCUT2D eigenvalue weighted by Gasteiger charge is 2.01. The van der Waals surface area contributed by atoms with E-state index in [1.165, 1.54) is 22.3 Å². The number of benzene rings is 1. The standard InChI is InChI=1S/C22H18/c1-3-7-11-19(12-8-4-1)21-15-17-22(18-16-21)20-13-9-5-2-6-10-14-20/h1-18H. The van der Waals surface area contributed by atoms with Gasteiger partial charge in [-0.1, -0.05) is 109 Å². The lowest BCUT2D eigenvalue weighted by Crippen LogP contribution is -1.85. The van der Waals surface area contributed by atoms with Gasteiger partial charge < -0.3 is 0 Å². The van der Waals surface area contributed by atoms with Crippen LogP contribution in [-0.2, 0) is 0 Å². The molecule has 0 heteroatoms. The van der Waals surface area contributed by atoms with Gasteiger partial charge in [0.15, 0.2) is 0 Å². The second kappa shape index (κ2) is 7.24. The molecule has 2 aliphatic carbocycles. The van der Waals surface area contributed by atoms with Crippen molar-refractivity contribution in [2.24, 2.45) is 0 Å². The monoisotopic (exact) mass is 282 g/mol. The smallest absolute Gasteiger partial charge is 0.0184 e. The molecule has 3 rings (SSSR count). The van der Waals surface area contributed by atoms with E-state index in [1.54, 1.807) is 0 Å². The lowest BCUT2D eigenvalue weighted by molar-refractivity contribution is 1.56. The van der Waals surface area contributed by atoms with Crippen LogP contribution in [0.25, 0.3) is 11.1 Å². The molecule has 2 aliphatic rings. The summed E-state index contributed by atoms with van der Waals surface area (Å²) in [4.78, 5) is 0. The third kappa shape index (κ3) is 3.62. The zero-order valence-electron chi connectivity index (χ0n) is 12.4. The van der Waals surface area contributed by atoms with Crippen LogP contribution >= 0.6 is 0 Å². The summed E-state index contributed by atoms with van der Waals surface area (Å²) >= 11 is 0. The Morgan fingerprint density at radius 1 is 0.364 bits per heavy atom. The molecular formula is C22H18. The van der Waals surface area contributed by atoms with Gasteiger partial charge in [-0.15, -0.1) is 0 Å². The number of hydrogen-bond acceptors (Lipinski definition) is 0. The van der Waals surface area contributed by atoms with E-state index in [4.69, 9.17) is 0 Å². The molecule has 1 aromatic rings. The third-order valence-electron chi connectivity index (χ3n) is 3.54. The molecule has 0 nitrogen and oxygen atoms in total. The minimum Gasteiger partial charge on any atom is -0.0623 e. The van der Waals surface area contributed by atoms with Crippen molar-refractivity contribution in [2.75, 3.05) is 0 Å². The maximum Gasteiger partial charge on any atom is -0.0184 e. The molecule has 0 atom stereocenters. The highest BCUT2D eigenvalue weighted by Crippen LogP contribution is 2.22. The highest BCUT2D eigenvalue weighted by molar-refractivity contribution is 5.80. The molecule has 0 fully saturated rings. The Labute approximate surface area is 132 Å². The Kier molecular flexibility index (Phi) is 4.63. The fourth-order valence-corrected chi connectivity index (χ4v) is 2.37. The van der Waals surface area contributed by atoms with E-state index >= 15 is 0 Å². The summed E-state index contributed by atoms with van der Waals surface area (Å²) in [5.74, 6) is 0. The van der Waals surface area contributed by atoms with Crippen LogP contribution in [0.2, 0.25) is 0 Å². The average Bonchev–Trinajstić information content (AvgIpc) is 2.47. The number of hydrogen-bond donors (Lipinski definition) is 0. The van der Waals surface area contributed by atoms with Crippen molar-refractivity contribution < 1.29 is 0 Å². The van der Waals surface area contributed by atoms with Gasteiger partial charge in [0.1, 0.15) is 0 Å². The molecular weight excluding hydrogens is 264 g/mol. The zero-order valence-corrected chi connectivity index (χ0v) is 12.4. The molecule has 0 saturated heterocycles. The van der Waals surface area contributed by atoms with E-state index < -0.39 is 0 Å². The maximum absolute atomic E-state index is 2.18. The largest absolute Gasteiger partial charge is 0.0623 e. The van der Waals surface area contributed by atoms with Crippen molar-refractivity contribution in [2.45, 2.75) is 0 Å². The number of rotatable bonds is 2. The summed E-state index contributed by atoms with van der Waals surface area (Å²) < 4.78 is 0. The van der Waals surface area contributed by atoms with E-state index in [0.717, 1.165) is 0 Å². The normalized spacial score (nSPS) is 16.5. The van der Waals surface area contributed by atoms with Crippen molar-refractivity contribution in [3.63, 3.8) is 0 Å². The fourth-order valence-electron chi connectivity index (χ4n) is 2.37. The molecule has 1 aromatic carbocycles. The van der Waals surface area contributed by atoms with E-state index in [0.29, 0.717) is 0 Å². The first kappa shape index (κ1) is 14.1. The molecule has 0 radical (unpaired) electrons. The van der Waals surface area contributed by atoms with Gasteiger partial charge in [0.2, 0.25) is 0 Å². The lowest BCUT2D eigenvalue weighted by atomic mass is 9.98. The molecule has 22 heavy (non-hydrogen) atoms. The van der Waals surface area contributed by atoms with Crippen molar-refractivity contribution in [3.8, 4) is 0 Å². The summed E-state index contributed by atoms with van der Waals surface area (Å²) in [5, 5.41) is 0. The van der Waals surface area contributed by atoms with E-state index in [1.807, 2.05) is 36.5 Å². The molecule has 0 saturated carbocycles. The van der Waals surface area contributed by atoms with Crippen LogP contribution in [0.15, 0.2) is 109 Å². The van der Waals surface area contributed by atoms with Gasteiger partial charge in [0.05, 0.1) is 0 Å². The van der Waals surface area contributed by atoms with Crippen LogP contribution < -0.4 is 0 Å². The molecule has 0 heterocycles. The first-order chi connectivity index (χ1) is 10.9. The predicted octanol–water partition coefficient (Wildman–Crippen LogP) is 5.82. The Balaban J connectivity index is 1.87. The van der Waals surface area contributed by atoms with E-state index in [-0.39, 0.29) is 0 Å². The highest BCUT2D eigenvalue weighted by atomic mass is 14.1. The minimum absolute atomic E-state index is 1.22. The van der Waals surface area contributed by atoms with Crippen LogP contribution in [0, 0.1) is 0 Å². The Hall–Kier alpha value is -2.86. The van der Waals surface area contributed by atoms with Gasteiger partial charge in [-0.2, -0.15) is 0 Å². The zero-order chi connectivity index (χ0) is 15.0. The summed E-state index contributed by atoms with van der Waals surface area (Å²) in [7, 11) is 0. The Morgan fingerprint density at radius 2 is 0.727 bits per heavy atom. The van der Waals surface area contributed by atoms with Gasteiger partial charge in [0.25, 0.3) is 0 Å². The van der Waals surface area contributed by atoms with Crippen molar-refractivity contribution in [1.29, 1.82) is 0 Å². The first-order valence-corrected chi connectivity index (χ1v) is 7.48. The molecule has 0 bridgehead atoms. The van der Waals surface area contributed by atoms with Crippen molar-refractivity contribution >= 4 is 11.1 Å². The predicted molar refractivity (Wildman–Crippen MR) is 97.2 cm³/mol. The maximum atomic E-state index is 2.18. The average molecular weight is 282 g/mol. The summed E-state index contributed by atoms with van der Waals surface area (Å²) in [6.45, 7) is 0. The topological polar surface area (TPSA) is 0 Å². The molecule has 0 spiro atoms. The second-order valence-corrected chi connectivity index (χ2v) is 5.08. The molecule has 0 aliphatic heterocycles. The summed E-state index contributed by atoms with van der Waals surface area (Å²) in [5.41, 5.74) is 4.89. The van der Waals surface area contributed by atoms with E-state index in [9.17, 15) is 0 Å². The van der Waals surface area contributed by atoms with Crippen LogP contribution in [0.1, 0.15) is 11.1 Å². The van der Waals surface area contributed by atoms with Gasteiger partial charge in [-0.25, -0.2) is 0 Å². The summed E-state index contributed by atoms with van der Waals surface area (Å²) in [6, 6.07) is 8.71. The third-order valence-corrected chi connectivity index (χ3v) is 3.54. The van der Waals surface area contributed by atoms with Crippen LogP contribution in [0.4, 0.5) is 0 Å². The van der Waals surface area contributed by atoms with Crippen LogP contribution in [0.5, 0.6) is 0 Å². The Bertz CT molecular complexity index is 688. The van der Waals surface area contributed by atoms with Gasteiger partial charge in [-0.05, 0) is 22.3 Å². The van der Waals surface area contributed by atoms with Gasteiger partial charge in [-0.3, -0.25) is 0 Å². The van der Waals surface area contributed by atoms with E-state index in [2.05, 4.69) is 72.9 Å². The Morgan fingerprint density at radius 3 is 1.18 bits per heavy atom. The lowest BCUT2D eigenvalue weighted by Gasteiger charge is -2.07. The SMILES string of the molecule is C1=CC=CC(c2ccc(C3=CC=CC=CC=C3)cc2)=CC=C1. The first-order valence-electron chi connectivity index (χ1n) is 7.48. The molecule has 0 N–H and O–H groups in total. The van der Waals surface area contributed by atoms with Crippen molar-refractivity contribution in [1.82, 2.24) is 0 Å². The van der Waals surface area contributed by atoms with Gasteiger partial charge >= 0.3 is 0 Å². The van der Waals surface area contributed by atoms with Crippen LogP contribution in [0.3, 0.4) is 0 Å². The molecule has 0 amide bonds. The molecule has 106 valence electrons. The molecule has 0 unspecified atom stereocenters. The second-order valence-electron chi connectivity index (χ2n) is 5.08. The quantitative estimate of drug-likeness (QED) is 0.641. The fraction of sp³-hybridized carbons (Fsp3) is 0. The minimum atomic E-state index is 1.22. The number of allylic oxidation sites excluding steroid dienone is 16.